The molecular formula is C7H15N5O2. The molecule has 0 aliphatic carbocycles. The van der Waals surface area contributed by atoms with Crippen molar-refractivity contribution >= 4 is 5.95 Å². The first-order valence-electron chi connectivity index (χ1n) is 4.25. The van der Waals surface area contributed by atoms with Crippen LogP contribution in [-0.2, 0) is 11.8 Å². The summed E-state index contributed by atoms with van der Waals surface area (Å²) in [7, 11) is 5.10. The largest absolute Gasteiger partial charge is 0.389 e. The Bertz CT molecular complexity index is 277. The number of ether oxygens (including phenoxy) is 1. The molecule has 0 spiro atoms. The third-order valence-electron chi connectivity index (χ3n) is 1.78. The number of anilines is 1. The van der Waals surface area contributed by atoms with E-state index in [1.54, 1.807) is 23.7 Å². The van der Waals surface area contributed by atoms with Crippen molar-refractivity contribution in [3.63, 3.8) is 0 Å². The van der Waals surface area contributed by atoms with Crippen LogP contribution in [0.3, 0.4) is 0 Å². The number of aliphatic hydroxyl groups is 1. The van der Waals surface area contributed by atoms with Gasteiger partial charge in [-0.3, -0.25) is 0 Å². The van der Waals surface area contributed by atoms with Crippen LogP contribution in [0.5, 0.6) is 0 Å². The fourth-order valence-electron chi connectivity index (χ4n) is 1.19. The van der Waals surface area contributed by atoms with Crippen LogP contribution in [-0.4, -0.2) is 58.7 Å². The molecule has 7 nitrogen and oxygen atoms in total. The second-order valence-electron chi connectivity index (χ2n) is 3.09. The summed E-state index contributed by atoms with van der Waals surface area (Å²) < 4.78 is 6.36. The Labute approximate surface area is 82.3 Å². The van der Waals surface area contributed by atoms with Gasteiger partial charge in [0.1, 0.15) is 0 Å². The number of methoxy groups -OCH3 is 1. The number of likely N-dealkylation sites (N-methyl/N-ethyl adjacent to an activating group) is 1. The van der Waals surface area contributed by atoms with Crippen LogP contribution < -0.4 is 4.90 Å². The lowest BCUT2D eigenvalue weighted by Gasteiger charge is -2.19. The lowest BCUT2D eigenvalue weighted by Crippen LogP contribution is -2.33. The van der Waals surface area contributed by atoms with Crippen molar-refractivity contribution in [2.75, 3.05) is 32.2 Å². The van der Waals surface area contributed by atoms with E-state index >= 15 is 0 Å². The molecule has 7 heteroatoms. The van der Waals surface area contributed by atoms with Gasteiger partial charge in [-0.25, -0.2) is 4.68 Å². The zero-order valence-electron chi connectivity index (χ0n) is 8.58. The van der Waals surface area contributed by atoms with E-state index in [0.717, 1.165) is 0 Å². The van der Waals surface area contributed by atoms with Crippen molar-refractivity contribution in [3.8, 4) is 0 Å². The first-order chi connectivity index (χ1) is 6.65. The van der Waals surface area contributed by atoms with Gasteiger partial charge in [-0.05, 0) is 10.4 Å². The summed E-state index contributed by atoms with van der Waals surface area (Å²) in [6.45, 7) is 0.734. The predicted octanol–water partition coefficient (Wildman–Crippen LogP) is -1.35. The van der Waals surface area contributed by atoms with E-state index in [-0.39, 0.29) is 0 Å². The highest BCUT2D eigenvalue weighted by molar-refractivity contribution is 5.25. The first kappa shape index (κ1) is 10.9. The van der Waals surface area contributed by atoms with Gasteiger partial charge >= 0.3 is 0 Å². The second kappa shape index (κ2) is 4.87. The molecule has 1 rings (SSSR count). The fourth-order valence-corrected chi connectivity index (χ4v) is 1.19. The third-order valence-corrected chi connectivity index (χ3v) is 1.78. The Morgan fingerprint density at radius 1 is 1.64 bits per heavy atom. The normalized spacial score (nSPS) is 12.9. The molecule has 0 radical (unpaired) electrons. The van der Waals surface area contributed by atoms with Crippen molar-refractivity contribution < 1.29 is 9.84 Å². The van der Waals surface area contributed by atoms with E-state index in [1.807, 2.05) is 7.05 Å². The second-order valence-corrected chi connectivity index (χ2v) is 3.09. The number of tetrazole rings is 1. The van der Waals surface area contributed by atoms with Crippen molar-refractivity contribution in [2.24, 2.45) is 7.05 Å². The number of hydrogen-bond donors (Lipinski definition) is 1. The standard InChI is InChI=1S/C7H15N5O2/c1-11(4-6(13)5-14-3)7-8-9-10-12(7)2/h6,13H,4-5H2,1-3H3. The van der Waals surface area contributed by atoms with Gasteiger partial charge in [0.15, 0.2) is 0 Å². The summed E-state index contributed by atoms with van der Waals surface area (Å²) in [5.41, 5.74) is 0. The Hall–Kier alpha value is -1.21. The van der Waals surface area contributed by atoms with Crippen LogP contribution in [0.1, 0.15) is 0 Å². The number of aromatic nitrogens is 4. The van der Waals surface area contributed by atoms with Gasteiger partial charge in [0.25, 0.3) is 0 Å². The molecule has 1 heterocycles. The Balaban J connectivity index is 2.50. The third kappa shape index (κ3) is 2.64. The zero-order chi connectivity index (χ0) is 10.6. The quantitative estimate of drug-likeness (QED) is 0.635. The Morgan fingerprint density at radius 2 is 2.36 bits per heavy atom. The van der Waals surface area contributed by atoms with Gasteiger partial charge in [-0.1, -0.05) is 5.10 Å². The van der Waals surface area contributed by atoms with Crippen LogP contribution in [0.4, 0.5) is 5.95 Å². The van der Waals surface area contributed by atoms with Gasteiger partial charge in [0.05, 0.1) is 12.7 Å². The van der Waals surface area contributed by atoms with E-state index in [9.17, 15) is 5.11 Å². The number of rotatable bonds is 5. The smallest absolute Gasteiger partial charge is 0.245 e. The average Bonchev–Trinajstić information content (AvgIpc) is 2.51. The van der Waals surface area contributed by atoms with E-state index in [0.29, 0.717) is 19.1 Å². The van der Waals surface area contributed by atoms with Crippen molar-refractivity contribution in [1.29, 1.82) is 0 Å². The van der Waals surface area contributed by atoms with Crippen LogP contribution >= 0.6 is 0 Å². The highest BCUT2D eigenvalue weighted by atomic mass is 16.5. The number of aryl methyl sites for hydroxylation is 1. The molecule has 0 fully saturated rings. The molecule has 0 saturated carbocycles. The van der Waals surface area contributed by atoms with Gasteiger partial charge in [-0.2, -0.15) is 0 Å². The minimum absolute atomic E-state index is 0.301. The molecule has 0 aromatic carbocycles. The highest BCUT2D eigenvalue weighted by Crippen LogP contribution is 2.04. The number of nitrogens with zero attached hydrogens (tertiary/aromatic N) is 5. The average molecular weight is 201 g/mol. The van der Waals surface area contributed by atoms with E-state index in [2.05, 4.69) is 15.5 Å². The summed E-state index contributed by atoms with van der Waals surface area (Å²) in [4.78, 5) is 1.77. The highest BCUT2D eigenvalue weighted by Gasteiger charge is 2.12. The molecular weight excluding hydrogens is 186 g/mol. The number of aliphatic hydroxyl groups excluding tert-OH is 1. The molecule has 1 unspecified atom stereocenters. The minimum atomic E-state index is -0.540. The fraction of sp³-hybridized carbons (Fsp3) is 0.857. The molecule has 1 aromatic heterocycles. The molecule has 1 aromatic rings. The molecule has 0 amide bonds. The van der Waals surface area contributed by atoms with Crippen LogP contribution in [0.25, 0.3) is 0 Å². The van der Waals surface area contributed by atoms with Crippen molar-refractivity contribution in [3.05, 3.63) is 0 Å². The van der Waals surface area contributed by atoms with E-state index in [1.165, 1.54) is 0 Å². The first-order valence-corrected chi connectivity index (χ1v) is 4.25. The van der Waals surface area contributed by atoms with Crippen molar-refractivity contribution in [1.82, 2.24) is 20.2 Å². The topological polar surface area (TPSA) is 76.3 Å². The molecule has 0 bridgehead atoms. The molecule has 0 saturated heterocycles. The summed E-state index contributed by atoms with van der Waals surface area (Å²) in [6.07, 6.45) is -0.540. The van der Waals surface area contributed by atoms with E-state index < -0.39 is 6.10 Å². The lowest BCUT2D eigenvalue weighted by atomic mass is 10.3. The molecule has 1 atom stereocenters. The zero-order valence-corrected chi connectivity index (χ0v) is 8.58. The lowest BCUT2D eigenvalue weighted by molar-refractivity contribution is 0.0692. The molecule has 80 valence electrons. The van der Waals surface area contributed by atoms with Crippen LogP contribution in [0.15, 0.2) is 0 Å². The molecule has 14 heavy (non-hydrogen) atoms. The maximum absolute atomic E-state index is 9.46. The number of hydrogen-bond acceptors (Lipinski definition) is 6. The summed E-state index contributed by atoms with van der Waals surface area (Å²) in [6, 6.07) is 0. The van der Waals surface area contributed by atoms with Crippen LogP contribution in [0, 0.1) is 0 Å². The molecule has 0 aliphatic heterocycles. The SMILES string of the molecule is COCC(O)CN(C)c1nnnn1C. The summed E-state index contributed by atoms with van der Waals surface area (Å²) in [5, 5.41) is 20.5. The summed E-state index contributed by atoms with van der Waals surface area (Å²) >= 11 is 0. The minimum Gasteiger partial charge on any atom is -0.389 e. The Morgan fingerprint density at radius 3 is 2.86 bits per heavy atom. The van der Waals surface area contributed by atoms with Crippen molar-refractivity contribution in [2.45, 2.75) is 6.10 Å². The van der Waals surface area contributed by atoms with Gasteiger partial charge < -0.3 is 14.7 Å². The monoisotopic (exact) mass is 201 g/mol. The van der Waals surface area contributed by atoms with Gasteiger partial charge in [0, 0.05) is 27.7 Å². The van der Waals surface area contributed by atoms with Gasteiger partial charge in [0.2, 0.25) is 5.95 Å². The van der Waals surface area contributed by atoms with Gasteiger partial charge in [-0.15, -0.1) is 0 Å². The summed E-state index contributed by atoms with van der Waals surface area (Å²) in [5.74, 6) is 0.611. The van der Waals surface area contributed by atoms with Crippen LogP contribution in [0.2, 0.25) is 0 Å². The Kier molecular flexibility index (Phi) is 3.78. The predicted molar refractivity (Wildman–Crippen MR) is 50.0 cm³/mol. The maximum Gasteiger partial charge on any atom is 0.245 e. The van der Waals surface area contributed by atoms with E-state index in [4.69, 9.17) is 4.74 Å². The molecule has 0 aliphatic rings. The maximum atomic E-state index is 9.46. The molecule has 1 N–H and O–H groups in total.